The minimum atomic E-state index is -1.83. The average Bonchev–Trinajstić information content (AvgIpc) is 2.65. The van der Waals surface area contributed by atoms with Gasteiger partial charge in [0.2, 0.25) is 0 Å². The average molecular weight is 245 g/mol. The lowest BCUT2D eigenvalue weighted by Crippen LogP contribution is -2.20. The van der Waals surface area contributed by atoms with Crippen molar-refractivity contribution in [3.63, 3.8) is 0 Å². The molecule has 0 aliphatic carbocycles. The van der Waals surface area contributed by atoms with Crippen LogP contribution < -0.4 is 4.65 Å². The Hall–Kier alpha value is -1.63. The number of nitrogens with zero attached hydrogens (tertiary/aromatic N) is 1. The third-order valence-electron chi connectivity index (χ3n) is 2.44. The Labute approximate surface area is 101 Å². The molecule has 0 radical (unpaired) electrons. The topological polar surface area (TPSA) is 62.6 Å². The summed E-state index contributed by atoms with van der Waals surface area (Å²) in [6.45, 7) is 0. The molecular weight excluding hydrogens is 237 g/mol. The lowest BCUT2D eigenvalue weighted by Gasteiger charge is -1.95. The van der Waals surface area contributed by atoms with E-state index in [9.17, 15) is 0 Å². The number of benzene rings is 2. The van der Waals surface area contributed by atoms with Gasteiger partial charge in [0.1, 0.15) is 0 Å². The molecular formula is C11H8BNO3S. The number of thiazole rings is 1. The summed E-state index contributed by atoms with van der Waals surface area (Å²) in [7, 11) is -1.83. The van der Waals surface area contributed by atoms with Crippen molar-refractivity contribution in [1.82, 2.24) is 4.98 Å². The van der Waals surface area contributed by atoms with Gasteiger partial charge in [-0.25, -0.2) is 4.98 Å². The molecule has 84 valence electrons. The van der Waals surface area contributed by atoms with Crippen molar-refractivity contribution in [3.05, 3.63) is 36.4 Å². The van der Waals surface area contributed by atoms with Crippen LogP contribution >= 0.6 is 11.3 Å². The first-order chi connectivity index (χ1) is 8.22. The lowest BCUT2D eigenvalue weighted by atomic mass is 10.1. The van der Waals surface area contributed by atoms with Crippen LogP contribution in [0.3, 0.4) is 0 Å². The van der Waals surface area contributed by atoms with Gasteiger partial charge in [0.25, 0.3) is 5.19 Å². The third kappa shape index (κ3) is 1.98. The smallest absolute Gasteiger partial charge is 0.490 e. The second-order valence-corrected chi connectivity index (χ2v) is 4.58. The van der Waals surface area contributed by atoms with Crippen molar-refractivity contribution in [2.24, 2.45) is 0 Å². The Morgan fingerprint density at radius 2 is 1.82 bits per heavy atom. The largest absolute Gasteiger partial charge is 0.709 e. The van der Waals surface area contributed by atoms with Gasteiger partial charge in [-0.3, -0.25) is 0 Å². The summed E-state index contributed by atoms with van der Waals surface area (Å²) >= 11 is 1.29. The normalized spacial score (nSPS) is 10.9. The lowest BCUT2D eigenvalue weighted by molar-refractivity contribution is 0.288. The molecule has 1 heterocycles. The zero-order chi connectivity index (χ0) is 11.8. The van der Waals surface area contributed by atoms with Crippen LogP contribution in [0.2, 0.25) is 0 Å². The van der Waals surface area contributed by atoms with Crippen LogP contribution in [-0.2, 0) is 0 Å². The van der Waals surface area contributed by atoms with Crippen molar-refractivity contribution >= 4 is 39.6 Å². The first-order valence-electron chi connectivity index (χ1n) is 5.04. The Kier molecular flexibility index (Phi) is 2.47. The van der Waals surface area contributed by atoms with Gasteiger partial charge in [0, 0.05) is 0 Å². The Morgan fingerprint density at radius 1 is 1.12 bits per heavy atom. The molecule has 1 aromatic heterocycles. The number of aromatic nitrogens is 1. The summed E-state index contributed by atoms with van der Waals surface area (Å²) in [4.78, 5) is 4.18. The van der Waals surface area contributed by atoms with E-state index in [0.29, 0.717) is 0 Å². The maximum absolute atomic E-state index is 8.72. The highest BCUT2D eigenvalue weighted by molar-refractivity contribution is 7.20. The summed E-state index contributed by atoms with van der Waals surface area (Å²) in [5.41, 5.74) is 0.796. The SMILES string of the molecule is OB(O)Oc1nc2cc3ccccc3cc2s1. The molecule has 4 nitrogen and oxygen atoms in total. The van der Waals surface area contributed by atoms with Crippen molar-refractivity contribution in [3.8, 4) is 5.19 Å². The Bertz CT molecular complexity index is 630. The van der Waals surface area contributed by atoms with E-state index < -0.39 is 7.32 Å². The number of rotatable bonds is 2. The van der Waals surface area contributed by atoms with Crippen LogP contribution in [0.15, 0.2) is 36.4 Å². The molecule has 0 saturated carbocycles. The second-order valence-electron chi connectivity index (χ2n) is 3.59. The Balaban J connectivity index is 2.18. The zero-order valence-corrected chi connectivity index (χ0v) is 9.52. The maximum atomic E-state index is 8.72. The molecule has 0 saturated heterocycles. The van der Waals surface area contributed by atoms with Crippen LogP contribution in [0.5, 0.6) is 5.19 Å². The molecule has 0 aliphatic heterocycles. The molecule has 2 aromatic carbocycles. The molecule has 0 fully saturated rings. The van der Waals surface area contributed by atoms with E-state index in [4.69, 9.17) is 14.7 Å². The molecule has 0 atom stereocenters. The predicted molar refractivity (Wildman–Crippen MR) is 67.9 cm³/mol. The van der Waals surface area contributed by atoms with Crippen LogP contribution in [-0.4, -0.2) is 22.4 Å². The molecule has 0 bridgehead atoms. The van der Waals surface area contributed by atoms with Crippen molar-refractivity contribution in [2.45, 2.75) is 0 Å². The summed E-state index contributed by atoms with van der Waals surface area (Å²) in [5, 5.41) is 19.9. The van der Waals surface area contributed by atoms with Gasteiger partial charge < -0.3 is 14.7 Å². The highest BCUT2D eigenvalue weighted by Gasteiger charge is 2.14. The fraction of sp³-hybridized carbons (Fsp3) is 0. The molecule has 0 aliphatic rings. The fourth-order valence-electron chi connectivity index (χ4n) is 1.73. The first-order valence-corrected chi connectivity index (χ1v) is 5.86. The van der Waals surface area contributed by atoms with E-state index in [1.54, 1.807) is 0 Å². The maximum Gasteiger partial charge on any atom is 0.709 e. The monoisotopic (exact) mass is 245 g/mol. The highest BCUT2D eigenvalue weighted by Crippen LogP contribution is 2.31. The van der Waals surface area contributed by atoms with Crippen LogP contribution in [0, 0.1) is 0 Å². The molecule has 17 heavy (non-hydrogen) atoms. The van der Waals surface area contributed by atoms with E-state index in [1.807, 2.05) is 36.4 Å². The van der Waals surface area contributed by atoms with Gasteiger partial charge in [-0.05, 0) is 22.9 Å². The van der Waals surface area contributed by atoms with Gasteiger partial charge in [0.05, 0.1) is 10.2 Å². The first kappa shape index (κ1) is 10.5. The van der Waals surface area contributed by atoms with E-state index in [2.05, 4.69) is 4.98 Å². The molecule has 2 N–H and O–H groups in total. The quantitative estimate of drug-likeness (QED) is 0.675. The number of hydrogen-bond donors (Lipinski definition) is 2. The zero-order valence-electron chi connectivity index (χ0n) is 8.70. The Morgan fingerprint density at radius 3 is 2.53 bits per heavy atom. The van der Waals surface area contributed by atoms with Crippen molar-refractivity contribution < 1.29 is 14.7 Å². The summed E-state index contributed by atoms with van der Waals surface area (Å²) in [6, 6.07) is 11.9. The van der Waals surface area contributed by atoms with Crippen molar-refractivity contribution in [2.75, 3.05) is 0 Å². The van der Waals surface area contributed by atoms with Crippen LogP contribution in [0.4, 0.5) is 0 Å². The van der Waals surface area contributed by atoms with Crippen molar-refractivity contribution in [1.29, 1.82) is 0 Å². The molecule has 0 spiro atoms. The van der Waals surface area contributed by atoms with Gasteiger partial charge in [0.15, 0.2) is 0 Å². The standard InChI is InChI=1S/C11H8BNO3S/c14-12(15)16-11-13-9-5-7-3-1-2-4-8(7)6-10(9)17-11/h1-6,14-15H. The molecule has 3 aromatic rings. The van der Waals surface area contributed by atoms with Gasteiger partial charge in [-0.1, -0.05) is 35.6 Å². The molecule has 0 amide bonds. The summed E-state index contributed by atoms with van der Waals surface area (Å²) in [5.74, 6) is 0. The van der Waals surface area contributed by atoms with Crippen LogP contribution in [0.1, 0.15) is 0 Å². The number of fused-ring (bicyclic) bond motifs is 2. The highest BCUT2D eigenvalue weighted by atomic mass is 32.1. The second kappa shape index (κ2) is 3.99. The van der Waals surface area contributed by atoms with Gasteiger partial charge >= 0.3 is 7.32 Å². The summed E-state index contributed by atoms with van der Waals surface area (Å²) in [6.07, 6.45) is 0. The molecule has 6 heteroatoms. The minimum absolute atomic E-state index is 0.255. The fourth-order valence-corrected chi connectivity index (χ4v) is 2.59. The van der Waals surface area contributed by atoms with E-state index >= 15 is 0 Å². The number of hydrogen-bond acceptors (Lipinski definition) is 5. The third-order valence-corrected chi connectivity index (χ3v) is 3.35. The minimum Gasteiger partial charge on any atom is -0.490 e. The predicted octanol–water partition coefficient (Wildman–Crippen LogP) is 1.80. The van der Waals surface area contributed by atoms with E-state index in [-0.39, 0.29) is 5.19 Å². The van der Waals surface area contributed by atoms with Gasteiger partial charge in [-0.2, -0.15) is 0 Å². The van der Waals surface area contributed by atoms with E-state index in [0.717, 1.165) is 21.0 Å². The van der Waals surface area contributed by atoms with Crippen LogP contribution in [0.25, 0.3) is 21.0 Å². The van der Waals surface area contributed by atoms with Gasteiger partial charge in [-0.15, -0.1) is 0 Å². The summed E-state index contributed by atoms with van der Waals surface area (Å²) < 4.78 is 5.70. The molecule has 3 rings (SSSR count). The van der Waals surface area contributed by atoms with E-state index in [1.165, 1.54) is 11.3 Å². The molecule has 0 unspecified atom stereocenters.